The zero-order valence-corrected chi connectivity index (χ0v) is 10.5. The molecule has 1 fully saturated rings. The molecular formula is C14H17N3O. The molecule has 1 N–H and O–H groups in total. The fourth-order valence-electron chi connectivity index (χ4n) is 2.62. The monoisotopic (exact) mass is 243 g/mol. The summed E-state index contributed by atoms with van der Waals surface area (Å²) in [5.41, 5.74) is 0.975. The summed E-state index contributed by atoms with van der Waals surface area (Å²) in [6, 6.07) is 8.06. The molecule has 2 atom stereocenters. The minimum atomic E-state index is -0.247. The second kappa shape index (κ2) is 4.53. The lowest BCUT2D eigenvalue weighted by atomic mass is 10.0. The van der Waals surface area contributed by atoms with Crippen LogP contribution in [-0.4, -0.2) is 34.3 Å². The number of benzene rings is 1. The van der Waals surface area contributed by atoms with Gasteiger partial charge >= 0.3 is 0 Å². The molecule has 2 heterocycles. The van der Waals surface area contributed by atoms with E-state index in [1.54, 1.807) is 6.33 Å². The molecule has 0 spiro atoms. The average molecular weight is 243 g/mol. The Morgan fingerprint density at radius 1 is 1.33 bits per heavy atom. The van der Waals surface area contributed by atoms with E-state index in [9.17, 15) is 5.11 Å². The van der Waals surface area contributed by atoms with Gasteiger partial charge in [0, 0.05) is 24.4 Å². The summed E-state index contributed by atoms with van der Waals surface area (Å²) >= 11 is 0. The molecule has 0 amide bonds. The summed E-state index contributed by atoms with van der Waals surface area (Å²) in [5, 5.41) is 10.8. The lowest BCUT2D eigenvalue weighted by Crippen LogP contribution is -2.24. The Morgan fingerprint density at radius 2 is 2.17 bits per heavy atom. The fourth-order valence-corrected chi connectivity index (χ4v) is 2.62. The minimum Gasteiger partial charge on any atom is -0.393 e. The number of nitrogens with zero attached hydrogens (tertiary/aromatic N) is 3. The first-order valence-corrected chi connectivity index (χ1v) is 6.38. The maximum Gasteiger partial charge on any atom is 0.139 e. The third-order valence-electron chi connectivity index (χ3n) is 3.73. The highest BCUT2D eigenvalue weighted by molar-refractivity contribution is 5.89. The van der Waals surface area contributed by atoms with Crippen LogP contribution in [0.2, 0.25) is 0 Å². The van der Waals surface area contributed by atoms with Crippen molar-refractivity contribution < 1.29 is 5.11 Å². The normalized spacial score (nSPS) is 21.4. The largest absolute Gasteiger partial charge is 0.393 e. The molecule has 0 aliphatic carbocycles. The van der Waals surface area contributed by atoms with Crippen molar-refractivity contribution in [3.05, 3.63) is 30.6 Å². The third-order valence-corrected chi connectivity index (χ3v) is 3.73. The first kappa shape index (κ1) is 11.4. The van der Waals surface area contributed by atoms with Crippen LogP contribution in [0.15, 0.2) is 30.6 Å². The Labute approximate surface area is 106 Å². The van der Waals surface area contributed by atoms with Crippen molar-refractivity contribution >= 4 is 16.7 Å². The molecule has 1 aliphatic heterocycles. The summed E-state index contributed by atoms with van der Waals surface area (Å²) in [6.45, 7) is 3.70. The predicted molar refractivity (Wildman–Crippen MR) is 71.5 cm³/mol. The highest BCUT2D eigenvalue weighted by Crippen LogP contribution is 2.28. The van der Waals surface area contributed by atoms with Gasteiger partial charge in [-0.1, -0.05) is 12.1 Å². The maximum atomic E-state index is 9.67. The van der Waals surface area contributed by atoms with Crippen LogP contribution in [0.3, 0.4) is 0 Å². The van der Waals surface area contributed by atoms with Gasteiger partial charge in [0.1, 0.15) is 12.1 Å². The molecular weight excluding hydrogens is 226 g/mol. The zero-order chi connectivity index (χ0) is 12.5. The smallest absolute Gasteiger partial charge is 0.139 e. The van der Waals surface area contributed by atoms with Crippen LogP contribution in [0, 0.1) is 5.92 Å². The van der Waals surface area contributed by atoms with Crippen molar-refractivity contribution in [2.45, 2.75) is 19.4 Å². The highest BCUT2D eigenvalue weighted by Gasteiger charge is 2.27. The fraction of sp³-hybridized carbons (Fsp3) is 0.429. The van der Waals surface area contributed by atoms with Crippen LogP contribution < -0.4 is 4.90 Å². The molecule has 1 saturated heterocycles. The molecule has 1 aromatic carbocycles. The van der Waals surface area contributed by atoms with E-state index in [1.165, 1.54) is 0 Å². The van der Waals surface area contributed by atoms with E-state index in [4.69, 9.17) is 0 Å². The maximum absolute atomic E-state index is 9.67. The molecule has 0 bridgehead atoms. The van der Waals surface area contributed by atoms with Gasteiger partial charge in [-0.05, 0) is 25.5 Å². The lowest BCUT2D eigenvalue weighted by molar-refractivity contribution is 0.136. The molecule has 1 aromatic heterocycles. The standard InChI is InChI=1S/C14H17N3O/c1-10(18)11-6-7-17(8-11)14-12-4-2-3-5-13(12)15-9-16-14/h2-5,9-11,18H,6-8H2,1H3. The van der Waals surface area contributed by atoms with E-state index >= 15 is 0 Å². The summed E-state index contributed by atoms with van der Waals surface area (Å²) < 4.78 is 0. The molecule has 4 heteroatoms. The lowest BCUT2D eigenvalue weighted by Gasteiger charge is -2.19. The van der Waals surface area contributed by atoms with Crippen molar-refractivity contribution in [1.29, 1.82) is 0 Å². The first-order chi connectivity index (χ1) is 8.75. The quantitative estimate of drug-likeness (QED) is 0.874. The molecule has 0 radical (unpaired) electrons. The molecule has 3 rings (SSSR count). The van der Waals surface area contributed by atoms with Crippen LogP contribution in [0.4, 0.5) is 5.82 Å². The molecule has 94 valence electrons. The van der Waals surface area contributed by atoms with E-state index in [1.807, 2.05) is 25.1 Å². The summed E-state index contributed by atoms with van der Waals surface area (Å²) in [7, 11) is 0. The number of aliphatic hydroxyl groups is 1. The second-order valence-corrected chi connectivity index (χ2v) is 4.95. The van der Waals surface area contributed by atoms with E-state index in [-0.39, 0.29) is 6.10 Å². The average Bonchev–Trinajstić information content (AvgIpc) is 2.87. The zero-order valence-electron chi connectivity index (χ0n) is 10.5. The molecule has 4 nitrogen and oxygen atoms in total. The van der Waals surface area contributed by atoms with Gasteiger partial charge in [-0.2, -0.15) is 0 Å². The van der Waals surface area contributed by atoms with E-state index < -0.39 is 0 Å². The first-order valence-electron chi connectivity index (χ1n) is 6.38. The summed E-state index contributed by atoms with van der Waals surface area (Å²) in [5.74, 6) is 1.34. The summed E-state index contributed by atoms with van der Waals surface area (Å²) in [4.78, 5) is 10.9. The highest BCUT2D eigenvalue weighted by atomic mass is 16.3. The number of aromatic nitrogens is 2. The third kappa shape index (κ3) is 1.93. The Bertz CT molecular complexity index is 550. The van der Waals surface area contributed by atoms with Crippen LogP contribution >= 0.6 is 0 Å². The number of fused-ring (bicyclic) bond motifs is 1. The van der Waals surface area contributed by atoms with E-state index in [2.05, 4.69) is 20.9 Å². The van der Waals surface area contributed by atoms with Crippen LogP contribution in [0.5, 0.6) is 0 Å². The Morgan fingerprint density at radius 3 is 2.94 bits per heavy atom. The number of hydrogen-bond donors (Lipinski definition) is 1. The van der Waals surface area contributed by atoms with Crippen LogP contribution in [0.25, 0.3) is 10.9 Å². The van der Waals surface area contributed by atoms with Gasteiger partial charge in [0.05, 0.1) is 11.6 Å². The molecule has 18 heavy (non-hydrogen) atoms. The Balaban J connectivity index is 1.96. The SMILES string of the molecule is CC(O)C1CCN(c2ncnc3ccccc23)C1. The summed E-state index contributed by atoms with van der Waals surface area (Å²) in [6.07, 6.45) is 2.40. The van der Waals surface area contributed by atoms with Crippen molar-refractivity contribution in [1.82, 2.24) is 9.97 Å². The van der Waals surface area contributed by atoms with E-state index in [0.717, 1.165) is 36.2 Å². The van der Waals surface area contributed by atoms with Gasteiger partial charge in [0.2, 0.25) is 0 Å². The number of anilines is 1. The van der Waals surface area contributed by atoms with Crippen LogP contribution in [-0.2, 0) is 0 Å². The topological polar surface area (TPSA) is 49.2 Å². The van der Waals surface area contributed by atoms with Gasteiger partial charge in [0.15, 0.2) is 0 Å². The van der Waals surface area contributed by atoms with Gasteiger partial charge < -0.3 is 10.0 Å². The molecule has 0 saturated carbocycles. The Hall–Kier alpha value is -1.68. The molecule has 1 aliphatic rings. The van der Waals surface area contributed by atoms with Gasteiger partial charge in [-0.3, -0.25) is 0 Å². The van der Waals surface area contributed by atoms with Gasteiger partial charge in [-0.25, -0.2) is 9.97 Å². The number of para-hydroxylation sites is 1. The van der Waals surface area contributed by atoms with Crippen molar-refractivity contribution in [2.75, 3.05) is 18.0 Å². The molecule has 2 aromatic rings. The van der Waals surface area contributed by atoms with Crippen molar-refractivity contribution in [3.8, 4) is 0 Å². The number of hydrogen-bond acceptors (Lipinski definition) is 4. The molecule has 2 unspecified atom stereocenters. The predicted octanol–water partition coefficient (Wildman–Crippen LogP) is 1.84. The van der Waals surface area contributed by atoms with E-state index in [0.29, 0.717) is 5.92 Å². The minimum absolute atomic E-state index is 0.247. The van der Waals surface area contributed by atoms with Crippen LogP contribution in [0.1, 0.15) is 13.3 Å². The van der Waals surface area contributed by atoms with Crippen molar-refractivity contribution in [2.24, 2.45) is 5.92 Å². The second-order valence-electron chi connectivity index (χ2n) is 4.95. The van der Waals surface area contributed by atoms with Crippen molar-refractivity contribution in [3.63, 3.8) is 0 Å². The van der Waals surface area contributed by atoms with Gasteiger partial charge in [0.25, 0.3) is 0 Å². The van der Waals surface area contributed by atoms with Gasteiger partial charge in [-0.15, -0.1) is 0 Å². The number of aliphatic hydroxyl groups excluding tert-OH is 1. The Kier molecular flexibility index (Phi) is 2.88. The number of rotatable bonds is 2.